The summed E-state index contributed by atoms with van der Waals surface area (Å²) in [6, 6.07) is 5.98. The number of rotatable bonds is 5. The second-order valence-electron chi connectivity index (χ2n) is 10.9. The van der Waals surface area contributed by atoms with Crippen LogP contribution >= 0.6 is 0 Å². The molecule has 0 amide bonds. The summed E-state index contributed by atoms with van der Waals surface area (Å²) >= 11 is 0. The third-order valence-corrected chi connectivity index (χ3v) is 8.10. The number of phenolic OH excluding ortho intramolecular Hbond substituents is 1. The Hall–Kier alpha value is -3.40. The van der Waals surface area contributed by atoms with Crippen LogP contribution in [0.1, 0.15) is 45.4 Å². The number of phenols is 1. The molecule has 2 aromatic heterocycles. The summed E-state index contributed by atoms with van der Waals surface area (Å²) in [6.07, 6.45) is 7.29. The van der Waals surface area contributed by atoms with Crippen LogP contribution in [0.2, 0.25) is 0 Å². The van der Waals surface area contributed by atoms with E-state index in [0.717, 1.165) is 49.3 Å². The molecule has 3 aliphatic rings. The molecule has 2 saturated heterocycles. The van der Waals surface area contributed by atoms with Crippen molar-refractivity contribution in [3.8, 4) is 28.3 Å². The number of aromatic hydroxyl groups is 1. The molecule has 194 valence electrons. The van der Waals surface area contributed by atoms with E-state index in [-0.39, 0.29) is 34.8 Å². The Labute approximate surface area is 213 Å². The van der Waals surface area contributed by atoms with Crippen LogP contribution < -0.4 is 15.8 Å². The summed E-state index contributed by atoms with van der Waals surface area (Å²) in [4.78, 5) is 18.5. The molecule has 1 aromatic carbocycles. The number of piperidine rings is 2. The average Bonchev–Trinajstić information content (AvgIpc) is 3.70. The van der Waals surface area contributed by atoms with Gasteiger partial charge in [-0.3, -0.25) is 4.79 Å². The van der Waals surface area contributed by atoms with Gasteiger partial charge in [0.25, 0.3) is 5.56 Å². The molecule has 2 bridgehead atoms. The van der Waals surface area contributed by atoms with Gasteiger partial charge in [0.05, 0.1) is 17.8 Å². The van der Waals surface area contributed by atoms with E-state index < -0.39 is 17.5 Å². The summed E-state index contributed by atoms with van der Waals surface area (Å²) in [5.41, 5.74) is -0.0986. The molecule has 0 spiro atoms. The first kappa shape index (κ1) is 24.0. The number of fused-ring (bicyclic) bond motifs is 2. The molecule has 0 radical (unpaired) electrons. The van der Waals surface area contributed by atoms with Crippen molar-refractivity contribution in [1.29, 1.82) is 0 Å². The Kier molecular flexibility index (Phi) is 5.74. The van der Waals surface area contributed by atoms with Crippen molar-refractivity contribution < 1.29 is 13.9 Å². The van der Waals surface area contributed by atoms with Crippen LogP contribution in [0, 0.1) is 5.82 Å². The Bertz CT molecular complexity index is 1390. The minimum atomic E-state index is -1.03. The molecule has 37 heavy (non-hydrogen) atoms. The molecule has 8 nitrogen and oxygen atoms in total. The molecule has 3 fully saturated rings. The summed E-state index contributed by atoms with van der Waals surface area (Å²) in [5.74, 6) is 0.0209. The van der Waals surface area contributed by atoms with Gasteiger partial charge in [0.15, 0.2) is 11.6 Å². The second kappa shape index (κ2) is 8.86. The Morgan fingerprint density at radius 3 is 2.70 bits per heavy atom. The van der Waals surface area contributed by atoms with Crippen molar-refractivity contribution in [2.75, 3.05) is 4.90 Å². The maximum atomic E-state index is 15.8. The fraction of sp³-hybridized carbons (Fsp3) is 0.481. The van der Waals surface area contributed by atoms with Crippen molar-refractivity contribution >= 4 is 5.82 Å². The van der Waals surface area contributed by atoms with E-state index in [2.05, 4.69) is 25.4 Å². The van der Waals surface area contributed by atoms with Crippen LogP contribution in [0.5, 0.6) is 5.75 Å². The zero-order valence-corrected chi connectivity index (χ0v) is 20.9. The SMILES string of the molecule is Cn1cc(F)c(-c2ccc(-c3ncc(N(C4CC4)[C@H]4C[C@H]5CCC[C@@](C)(N5)[C@H]4F)nn3)c(O)c2)cc1=O. The van der Waals surface area contributed by atoms with E-state index in [1.807, 2.05) is 6.92 Å². The number of hydrogen-bond acceptors (Lipinski definition) is 7. The Morgan fingerprint density at radius 1 is 1.19 bits per heavy atom. The molecule has 2 N–H and O–H groups in total. The van der Waals surface area contributed by atoms with E-state index in [4.69, 9.17) is 0 Å². The smallest absolute Gasteiger partial charge is 0.251 e. The highest BCUT2D eigenvalue weighted by Crippen LogP contribution is 2.43. The van der Waals surface area contributed by atoms with Gasteiger partial charge in [0.1, 0.15) is 17.7 Å². The molecule has 6 rings (SSSR count). The number of nitrogens with zero attached hydrogens (tertiary/aromatic N) is 5. The number of benzene rings is 1. The molecule has 4 atom stereocenters. The zero-order valence-electron chi connectivity index (χ0n) is 20.9. The van der Waals surface area contributed by atoms with Crippen LogP contribution in [-0.2, 0) is 7.05 Å². The monoisotopic (exact) mass is 508 g/mol. The lowest BCUT2D eigenvalue weighted by Gasteiger charge is -2.52. The third-order valence-electron chi connectivity index (χ3n) is 8.10. The van der Waals surface area contributed by atoms with Crippen molar-refractivity contribution in [2.24, 2.45) is 7.05 Å². The normalized spacial score (nSPS) is 27.2. The molecule has 4 heterocycles. The van der Waals surface area contributed by atoms with E-state index >= 15 is 4.39 Å². The molecular formula is C27H30F2N6O2. The first-order valence-electron chi connectivity index (χ1n) is 12.8. The number of hydrogen-bond donors (Lipinski definition) is 2. The minimum absolute atomic E-state index is 0.0978. The van der Waals surface area contributed by atoms with Crippen molar-refractivity contribution in [1.82, 2.24) is 25.1 Å². The predicted octanol–water partition coefficient (Wildman–Crippen LogP) is 3.73. The van der Waals surface area contributed by atoms with Gasteiger partial charge in [-0.1, -0.05) is 6.07 Å². The van der Waals surface area contributed by atoms with E-state index in [1.54, 1.807) is 18.3 Å². The molecule has 1 aliphatic carbocycles. The average molecular weight is 509 g/mol. The van der Waals surface area contributed by atoms with E-state index in [9.17, 15) is 14.3 Å². The largest absolute Gasteiger partial charge is 0.507 e. The first-order valence-corrected chi connectivity index (χ1v) is 12.8. The van der Waals surface area contributed by atoms with E-state index in [1.165, 1.54) is 19.2 Å². The fourth-order valence-electron chi connectivity index (χ4n) is 6.01. The molecule has 1 saturated carbocycles. The number of pyridine rings is 1. The number of aryl methyl sites for hydroxylation is 1. The van der Waals surface area contributed by atoms with Gasteiger partial charge in [-0.2, -0.15) is 0 Å². The number of alkyl halides is 1. The minimum Gasteiger partial charge on any atom is -0.507 e. The highest BCUT2D eigenvalue weighted by atomic mass is 19.1. The highest BCUT2D eigenvalue weighted by molar-refractivity contribution is 5.73. The lowest BCUT2D eigenvalue weighted by Crippen LogP contribution is -2.69. The Balaban J connectivity index is 1.28. The highest BCUT2D eigenvalue weighted by Gasteiger charge is 2.52. The van der Waals surface area contributed by atoms with Gasteiger partial charge in [0, 0.05) is 42.5 Å². The van der Waals surface area contributed by atoms with Gasteiger partial charge in [-0.25, -0.2) is 13.8 Å². The van der Waals surface area contributed by atoms with Crippen LogP contribution in [0.25, 0.3) is 22.5 Å². The summed E-state index contributed by atoms with van der Waals surface area (Å²) in [5, 5.41) is 22.9. The second-order valence-corrected chi connectivity index (χ2v) is 10.9. The van der Waals surface area contributed by atoms with Crippen molar-refractivity contribution in [3.63, 3.8) is 0 Å². The zero-order chi connectivity index (χ0) is 25.9. The summed E-state index contributed by atoms with van der Waals surface area (Å²) in [7, 11) is 1.47. The Morgan fingerprint density at radius 2 is 2.00 bits per heavy atom. The van der Waals surface area contributed by atoms with E-state index in [0.29, 0.717) is 23.0 Å². The quantitative estimate of drug-likeness (QED) is 0.542. The van der Waals surface area contributed by atoms with Gasteiger partial charge in [0.2, 0.25) is 0 Å². The number of anilines is 1. The molecule has 10 heteroatoms. The number of nitrogens with one attached hydrogen (secondary N) is 1. The third kappa shape index (κ3) is 4.27. The molecule has 2 aliphatic heterocycles. The summed E-state index contributed by atoms with van der Waals surface area (Å²) < 4.78 is 31.4. The first-order chi connectivity index (χ1) is 17.7. The lowest BCUT2D eigenvalue weighted by molar-refractivity contribution is 0.0385. The van der Waals surface area contributed by atoms with Gasteiger partial charge < -0.3 is 19.9 Å². The number of halogens is 2. The maximum Gasteiger partial charge on any atom is 0.251 e. The van der Waals surface area contributed by atoms with Gasteiger partial charge in [-0.05, 0) is 63.1 Å². The fourth-order valence-corrected chi connectivity index (χ4v) is 6.01. The predicted molar refractivity (Wildman–Crippen MR) is 136 cm³/mol. The molecule has 0 unspecified atom stereocenters. The number of aromatic nitrogens is 4. The maximum absolute atomic E-state index is 15.8. The van der Waals surface area contributed by atoms with Crippen LogP contribution in [-0.4, -0.2) is 54.7 Å². The van der Waals surface area contributed by atoms with Crippen LogP contribution in [0.15, 0.2) is 41.5 Å². The molecule has 3 aromatic rings. The standard InChI is InChI=1S/C27H30F2N6O2/c1-27-9-3-4-16(31-27)11-21(25(27)29)35(17-6-7-17)23-13-30-26(33-32-23)18-8-5-15(10-22(18)36)19-12-24(37)34(2)14-20(19)28/h5,8,10,12-14,16-17,21,25,31,36H,3-4,6-7,9,11H2,1-2H3/t16-,21+,25+,27-/m1/s1. The van der Waals surface area contributed by atoms with Crippen molar-refractivity contribution in [2.45, 2.75) is 75.3 Å². The molecular weight excluding hydrogens is 478 g/mol. The van der Waals surface area contributed by atoms with Gasteiger partial charge in [-0.15, -0.1) is 10.2 Å². The summed E-state index contributed by atoms with van der Waals surface area (Å²) in [6.45, 7) is 1.99. The lowest BCUT2D eigenvalue weighted by atomic mass is 9.73. The topological polar surface area (TPSA) is 96.2 Å². The van der Waals surface area contributed by atoms with Crippen LogP contribution in [0.4, 0.5) is 14.6 Å². The van der Waals surface area contributed by atoms with Crippen molar-refractivity contribution in [3.05, 3.63) is 52.8 Å². The van der Waals surface area contributed by atoms with Crippen LogP contribution in [0.3, 0.4) is 0 Å². The van der Waals surface area contributed by atoms with Gasteiger partial charge >= 0.3 is 0 Å².